The lowest BCUT2D eigenvalue weighted by atomic mass is 10.2. The van der Waals surface area contributed by atoms with Gasteiger partial charge >= 0.3 is 0 Å². The van der Waals surface area contributed by atoms with Crippen LogP contribution in [0.15, 0.2) is 18.2 Å². The fourth-order valence-electron chi connectivity index (χ4n) is 1.15. The molecule has 0 heterocycles. The molecule has 0 fully saturated rings. The molecule has 1 unspecified atom stereocenters. The molecule has 0 aliphatic rings. The Labute approximate surface area is 103 Å². The normalized spacial score (nSPS) is 11.7. The van der Waals surface area contributed by atoms with Crippen molar-refractivity contribution < 1.29 is 19.2 Å². The van der Waals surface area contributed by atoms with Gasteiger partial charge in [0.15, 0.2) is 11.5 Å². The second-order valence-corrected chi connectivity index (χ2v) is 3.41. The molecule has 1 rings (SSSR count). The van der Waals surface area contributed by atoms with Crippen molar-refractivity contribution >= 4 is 11.6 Å². The van der Waals surface area contributed by atoms with Crippen LogP contribution in [-0.2, 0) is 4.79 Å². The van der Waals surface area contributed by atoms with E-state index in [4.69, 9.17) is 20.9 Å². The molecule has 0 radical (unpaired) electrons. The van der Waals surface area contributed by atoms with Crippen LogP contribution in [0.25, 0.3) is 0 Å². The van der Waals surface area contributed by atoms with Crippen molar-refractivity contribution in [2.45, 2.75) is 6.04 Å². The Morgan fingerprint density at radius 1 is 1.50 bits per heavy atom. The van der Waals surface area contributed by atoms with Crippen molar-refractivity contribution in [2.24, 2.45) is 11.5 Å². The highest BCUT2D eigenvalue weighted by Gasteiger charge is 2.15. The van der Waals surface area contributed by atoms with Crippen LogP contribution in [-0.4, -0.2) is 30.6 Å². The monoisotopic (exact) mass is 255 g/mol. The molecule has 0 aliphatic carbocycles. The number of methoxy groups -OCH3 is 1. The van der Waals surface area contributed by atoms with Crippen molar-refractivity contribution in [3.8, 4) is 11.5 Å². The number of nitrogens with two attached hydrogens (primary N) is 2. The van der Waals surface area contributed by atoms with Gasteiger partial charge in [-0.1, -0.05) is 0 Å². The minimum Gasteiger partial charge on any atom is -0.493 e. The molecule has 0 aromatic heterocycles. The molecule has 0 spiro atoms. The summed E-state index contributed by atoms with van der Waals surface area (Å²) in [5.41, 5.74) is 10.2. The smallest absolute Gasteiger partial charge is 0.273 e. The lowest BCUT2D eigenvalue weighted by molar-refractivity contribution is -0.385. The van der Waals surface area contributed by atoms with Crippen LogP contribution in [0.3, 0.4) is 0 Å². The Bertz CT molecular complexity index is 463. The lowest BCUT2D eigenvalue weighted by Crippen LogP contribution is -2.41. The van der Waals surface area contributed by atoms with Crippen LogP contribution < -0.4 is 20.9 Å². The van der Waals surface area contributed by atoms with Crippen LogP contribution >= 0.6 is 0 Å². The van der Waals surface area contributed by atoms with Crippen LogP contribution in [0.5, 0.6) is 11.5 Å². The number of carbonyl (C=O) groups is 1. The van der Waals surface area contributed by atoms with Gasteiger partial charge in [-0.25, -0.2) is 0 Å². The molecule has 98 valence electrons. The molecular weight excluding hydrogens is 242 g/mol. The van der Waals surface area contributed by atoms with Gasteiger partial charge < -0.3 is 20.9 Å². The Morgan fingerprint density at radius 3 is 2.67 bits per heavy atom. The van der Waals surface area contributed by atoms with E-state index in [1.54, 1.807) is 0 Å². The van der Waals surface area contributed by atoms with Crippen molar-refractivity contribution in [1.82, 2.24) is 0 Å². The van der Waals surface area contributed by atoms with Crippen molar-refractivity contribution in [3.05, 3.63) is 28.3 Å². The van der Waals surface area contributed by atoms with E-state index in [0.717, 1.165) is 0 Å². The van der Waals surface area contributed by atoms with Gasteiger partial charge in [0.2, 0.25) is 5.91 Å². The lowest BCUT2D eigenvalue weighted by Gasteiger charge is -2.12. The molecule has 1 aromatic carbocycles. The summed E-state index contributed by atoms with van der Waals surface area (Å²) in [6.07, 6.45) is 0. The summed E-state index contributed by atoms with van der Waals surface area (Å²) >= 11 is 0. The van der Waals surface area contributed by atoms with Gasteiger partial charge in [0.1, 0.15) is 12.6 Å². The maximum Gasteiger partial charge on any atom is 0.273 e. The van der Waals surface area contributed by atoms with Crippen molar-refractivity contribution in [3.63, 3.8) is 0 Å². The van der Waals surface area contributed by atoms with E-state index in [2.05, 4.69) is 0 Å². The fraction of sp³-hybridized carbons (Fsp3) is 0.300. The van der Waals surface area contributed by atoms with Crippen LogP contribution in [0.2, 0.25) is 0 Å². The topological polar surface area (TPSA) is 131 Å². The maximum absolute atomic E-state index is 10.7. The summed E-state index contributed by atoms with van der Waals surface area (Å²) in [6.45, 7) is -0.188. The summed E-state index contributed by atoms with van der Waals surface area (Å²) < 4.78 is 10.2. The number of ether oxygens (including phenoxy) is 2. The molecule has 1 atom stereocenters. The summed E-state index contributed by atoms with van der Waals surface area (Å²) in [6, 6.07) is 2.86. The minimum absolute atomic E-state index is 0.128. The summed E-state index contributed by atoms with van der Waals surface area (Å²) in [4.78, 5) is 20.8. The number of nitrogens with zero attached hydrogens (tertiary/aromatic N) is 1. The van der Waals surface area contributed by atoms with Gasteiger partial charge in [0.25, 0.3) is 5.69 Å². The fourth-order valence-corrected chi connectivity index (χ4v) is 1.15. The van der Waals surface area contributed by atoms with E-state index in [1.165, 1.54) is 25.3 Å². The number of carbonyl (C=O) groups excluding carboxylic acids is 1. The number of nitro groups is 1. The Hall–Kier alpha value is -2.35. The SMILES string of the molecule is COc1ccc([N+](=O)[O-])cc1OCC(N)C(N)=O. The standard InChI is InChI=1S/C10H13N3O5/c1-17-8-3-2-6(13(15)16)4-9(8)18-5-7(11)10(12)14/h2-4,7H,5,11H2,1H3,(H2,12,14). The highest BCUT2D eigenvalue weighted by atomic mass is 16.6. The highest BCUT2D eigenvalue weighted by molar-refractivity contribution is 5.79. The van der Waals surface area contributed by atoms with Gasteiger partial charge in [-0.05, 0) is 6.07 Å². The van der Waals surface area contributed by atoms with Gasteiger partial charge in [-0.3, -0.25) is 14.9 Å². The average Bonchev–Trinajstić information content (AvgIpc) is 2.35. The van der Waals surface area contributed by atoms with E-state index in [-0.39, 0.29) is 18.0 Å². The molecule has 0 bridgehead atoms. The molecule has 8 nitrogen and oxygen atoms in total. The second kappa shape index (κ2) is 5.82. The Kier molecular flexibility index (Phi) is 4.44. The number of non-ortho nitro benzene ring substituents is 1. The number of amides is 1. The number of nitro benzene ring substituents is 1. The minimum atomic E-state index is -0.992. The van der Waals surface area contributed by atoms with E-state index in [1.807, 2.05) is 0 Å². The number of primary amides is 1. The third kappa shape index (κ3) is 3.32. The van der Waals surface area contributed by atoms with Gasteiger partial charge in [-0.15, -0.1) is 0 Å². The van der Waals surface area contributed by atoms with Crippen molar-refractivity contribution in [1.29, 1.82) is 0 Å². The Balaban J connectivity index is 2.88. The summed E-state index contributed by atoms with van der Waals surface area (Å²) in [5.74, 6) is -0.292. The predicted molar refractivity (Wildman–Crippen MR) is 62.3 cm³/mol. The molecule has 8 heteroatoms. The summed E-state index contributed by atoms with van der Waals surface area (Å²) in [5, 5.41) is 10.6. The molecule has 4 N–H and O–H groups in total. The van der Waals surface area contributed by atoms with Gasteiger partial charge in [0.05, 0.1) is 18.1 Å². The van der Waals surface area contributed by atoms with E-state index >= 15 is 0 Å². The largest absolute Gasteiger partial charge is 0.493 e. The molecular formula is C10H13N3O5. The van der Waals surface area contributed by atoms with Gasteiger partial charge in [-0.2, -0.15) is 0 Å². The quantitative estimate of drug-likeness (QED) is 0.534. The third-order valence-corrected chi connectivity index (χ3v) is 2.14. The first-order chi connectivity index (χ1) is 8.45. The predicted octanol–water partition coefficient (Wildman–Crippen LogP) is -0.205. The molecule has 0 aliphatic heterocycles. The summed E-state index contributed by atoms with van der Waals surface area (Å²) in [7, 11) is 1.39. The van der Waals surface area contributed by atoms with Crippen LogP contribution in [0.1, 0.15) is 0 Å². The highest BCUT2D eigenvalue weighted by Crippen LogP contribution is 2.31. The number of rotatable bonds is 6. The van der Waals surface area contributed by atoms with E-state index in [9.17, 15) is 14.9 Å². The molecule has 18 heavy (non-hydrogen) atoms. The third-order valence-electron chi connectivity index (χ3n) is 2.14. The van der Waals surface area contributed by atoms with Crippen molar-refractivity contribution in [2.75, 3.05) is 13.7 Å². The zero-order valence-electron chi connectivity index (χ0n) is 9.66. The number of hydrogen-bond acceptors (Lipinski definition) is 6. The van der Waals surface area contributed by atoms with E-state index in [0.29, 0.717) is 5.75 Å². The zero-order valence-corrected chi connectivity index (χ0v) is 9.66. The van der Waals surface area contributed by atoms with Crippen LogP contribution in [0, 0.1) is 10.1 Å². The average molecular weight is 255 g/mol. The van der Waals surface area contributed by atoms with Gasteiger partial charge in [0, 0.05) is 6.07 Å². The first-order valence-electron chi connectivity index (χ1n) is 4.96. The maximum atomic E-state index is 10.7. The second-order valence-electron chi connectivity index (χ2n) is 3.41. The Morgan fingerprint density at radius 2 is 2.17 bits per heavy atom. The molecule has 0 saturated carbocycles. The molecule has 1 amide bonds. The molecule has 0 saturated heterocycles. The molecule has 1 aromatic rings. The number of benzene rings is 1. The number of hydrogen-bond donors (Lipinski definition) is 2. The first-order valence-corrected chi connectivity index (χ1v) is 4.96. The zero-order chi connectivity index (χ0) is 13.7. The van der Waals surface area contributed by atoms with E-state index < -0.39 is 16.9 Å². The van der Waals surface area contributed by atoms with Crippen LogP contribution in [0.4, 0.5) is 5.69 Å². The first kappa shape index (κ1) is 13.7.